The van der Waals surface area contributed by atoms with Crippen LogP contribution in [-0.4, -0.2) is 19.6 Å². The minimum Gasteiger partial charge on any atom is -0.249 e. The lowest BCUT2D eigenvalue weighted by Crippen LogP contribution is -1.97. The highest BCUT2D eigenvalue weighted by atomic mass is 19.1. The molecule has 3 rings (SSSR count). The average molecular weight is 253 g/mol. The number of halogens is 1. The van der Waals surface area contributed by atoms with Crippen molar-refractivity contribution in [2.45, 2.75) is 6.92 Å². The summed E-state index contributed by atoms with van der Waals surface area (Å²) in [4.78, 5) is 8.02. The molecule has 0 amide bonds. The molecule has 3 heterocycles. The predicted octanol–water partition coefficient (Wildman–Crippen LogP) is 2.11. The molecule has 92 valence electrons. The van der Waals surface area contributed by atoms with Crippen molar-refractivity contribution in [3.8, 4) is 17.3 Å². The molecular formula is C13H8FN5. The smallest absolute Gasteiger partial charge is 0.212 e. The van der Waals surface area contributed by atoms with Gasteiger partial charge in [-0.15, -0.1) is 0 Å². The summed E-state index contributed by atoms with van der Waals surface area (Å²) in [6.45, 7) is 1.83. The number of rotatable bonds is 1. The fraction of sp³-hybridized carbons (Fsp3) is 0.0769. The van der Waals surface area contributed by atoms with Crippen molar-refractivity contribution in [3.05, 3.63) is 47.9 Å². The summed E-state index contributed by atoms with van der Waals surface area (Å²) in [6.07, 6.45) is 4.61. The Kier molecular flexibility index (Phi) is 2.46. The van der Waals surface area contributed by atoms with Gasteiger partial charge in [-0.3, -0.25) is 0 Å². The van der Waals surface area contributed by atoms with E-state index in [0.717, 1.165) is 5.69 Å². The Morgan fingerprint density at radius 1 is 1.32 bits per heavy atom. The molecule has 3 aromatic heterocycles. The zero-order valence-electron chi connectivity index (χ0n) is 10.0. The number of hydrogen-bond acceptors (Lipinski definition) is 4. The van der Waals surface area contributed by atoms with Crippen molar-refractivity contribution < 1.29 is 4.39 Å². The van der Waals surface area contributed by atoms with Gasteiger partial charge in [-0.25, -0.2) is 14.5 Å². The van der Waals surface area contributed by atoms with Crippen LogP contribution in [0.25, 0.3) is 16.8 Å². The van der Waals surface area contributed by atoms with E-state index in [1.54, 1.807) is 16.8 Å². The van der Waals surface area contributed by atoms with E-state index in [-0.39, 0.29) is 0 Å². The van der Waals surface area contributed by atoms with Crippen molar-refractivity contribution in [2.24, 2.45) is 0 Å². The maximum absolute atomic E-state index is 12.9. The maximum Gasteiger partial charge on any atom is 0.212 e. The van der Waals surface area contributed by atoms with Gasteiger partial charge in [-0.1, -0.05) is 0 Å². The second-order valence-electron chi connectivity index (χ2n) is 4.06. The van der Waals surface area contributed by atoms with E-state index in [0.29, 0.717) is 22.3 Å². The zero-order chi connectivity index (χ0) is 13.4. The molecule has 0 aromatic carbocycles. The SMILES string of the molecule is Cc1cn2ncc(C#N)c2c(-c2ccc(F)nc2)n1. The van der Waals surface area contributed by atoms with E-state index >= 15 is 0 Å². The van der Waals surface area contributed by atoms with E-state index < -0.39 is 5.95 Å². The van der Waals surface area contributed by atoms with Crippen LogP contribution in [0, 0.1) is 24.2 Å². The van der Waals surface area contributed by atoms with Crippen molar-refractivity contribution >= 4 is 5.52 Å². The lowest BCUT2D eigenvalue weighted by Gasteiger charge is -2.05. The summed E-state index contributed by atoms with van der Waals surface area (Å²) < 4.78 is 14.5. The molecule has 0 atom stereocenters. The Morgan fingerprint density at radius 2 is 2.16 bits per heavy atom. The second kappa shape index (κ2) is 4.14. The summed E-state index contributed by atoms with van der Waals surface area (Å²) in [5, 5.41) is 13.2. The van der Waals surface area contributed by atoms with Crippen LogP contribution >= 0.6 is 0 Å². The first-order valence-electron chi connectivity index (χ1n) is 5.56. The van der Waals surface area contributed by atoms with Crippen LogP contribution in [0.1, 0.15) is 11.3 Å². The fourth-order valence-corrected chi connectivity index (χ4v) is 1.93. The third-order valence-electron chi connectivity index (χ3n) is 2.74. The molecule has 0 saturated carbocycles. The van der Waals surface area contributed by atoms with Gasteiger partial charge in [0.1, 0.15) is 17.1 Å². The number of fused-ring (bicyclic) bond motifs is 1. The van der Waals surface area contributed by atoms with Gasteiger partial charge in [0.15, 0.2) is 0 Å². The Bertz CT molecular complexity index is 798. The molecule has 5 nitrogen and oxygen atoms in total. The van der Waals surface area contributed by atoms with Crippen LogP contribution in [0.2, 0.25) is 0 Å². The van der Waals surface area contributed by atoms with Gasteiger partial charge >= 0.3 is 0 Å². The first kappa shape index (κ1) is 11.3. The van der Waals surface area contributed by atoms with Gasteiger partial charge in [-0.05, 0) is 19.1 Å². The van der Waals surface area contributed by atoms with Crippen molar-refractivity contribution in [3.63, 3.8) is 0 Å². The molecule has 0 radical (unpaired) electrons. The van der Waals surface area contributed by atoms with E-state index in [1.807, 2.05) is 6.92 Å². The normalized spacial score (nSPS) is 10.6. The lowest BCUT2D eigenvalue weighted by atomic mass is 10.1. The molecule has 0 aliphatic heterocycles. The van der Waals surface area contributed by atoms with E-state index in [2.05, 4.69) is 21.1 Å². The number of nitriles is 1. The molecule has 6 heteroatoms. The van der Waals surface area contributed by atoms with Crippen LogP contribution in [0.15, 0.2) is 30.7 Å². The predicted molar refractivity (Wildman–Crippen MR) is 65.6 cm³/mol. The van der Waals surface area contributed by atoms with Crippen LogP contribution in [0.4, 0.5) is 4.39 Å². The first-order chi connectivity index (χ1) is 9.19. The molecule has 0 spiro atoms. The molecule has 0 fully saturated rings. The summed E-state index contributed by atoms with van der Waals surface area (Å²) in [7, 11) is 0. The molecule has 0 aliphatic carbocycles. The van der Waals surface area contributed by atoms with Gasteiger partial charge in [0.25, 0.3) is 0 Å². The Hall–Kier alpha value is -2.81. The van der Waals surface area contributed by atoms with Gasteiger partial charge in [0.05, 0.1) is 23.8 Å². The summed E-state index contributed by atoms with van der Waals surface area (Å²) in [5.41, 5.74) is 2.99. The number of aryl methyl sites for hydroxylation is 1. The lowest BCUT2D eigenvalue weighted by molar-refractivity contribution is 0.584. The molecule has 3 aromatic rings. The number of nitrogens with zero attached hydrogens (tertiary/aromatic N) is 5. The van der Waals surface area contributed by atoms with Gasteiger partial charge in [0, 0.05) is 11.8 Å². The molecule has 19 heavy (non-hydrogen) atoms. The minimum absolute atomic E-state index is 0.423. The standard InChI is InChI=1S/C13H8FN5/c1-8-7-19-13(10(4-15)6-17-19)12(18-8)9-2-3-11(14)16-5-9/h2-3,5-7H,1H3. The van der Waals surface area contributed by atoms with Crippen LogP contribution < -0.4 is 0 Å². The molecular weight excluding hydrogens is 245 g/mol. The molecule has 0 bridgehead atoms. The van der Waals surface area contributed by atoms with Gasteiger partial charge < -0.3 is 0 Å². The Balaban J connectivity index is 2.36. The highest BCUT2D eigenvalue weighted by molar-refractivity contribution is 5.81. The second-order valence-corrected chi connectivity index (χ2v) is 4.06. The third-order valence-corrected chi connectivity index (χ3v) is 2.74. The number of hydrogen-bond donors (Lipinski definition) is 0. The molecule has 0 saturated heterocycles. The summed E-state index contributed by atoms with van der Waals surface area (Å²) in [6, 6.07) is 4.92. The van der Waals surface area contributed by atoms with Gasteiger partial charge in [0.2, 0.25) is 5.95 Å². The highest BCUT2D eigenvalue weighted by Crippen LogP contribution is 2.24. The average Bonchev–Trinajstić information content (AvgIpc) is 2.81. The Labute approximate surface area is 108 Å². The largest absolute Gasteiger partial charge is 0.249 e. The maximum atomic E-state index is 12.9. The van der Waals surface area contributed by atoms with Crippen LogP contribution in [0.5, 0.6) is 0 Å². The Morgan fingerprint density at radius 3 is 2.84 bits per heavy atom. The summed E-state index contributed by atoms with van der Waals surface area (Å²) in [5.74, 6) is -0.554. The van der Waals surface area contributed by atoms with Crippen molar-refractivity contribution in [1.29, 1.82) is 5.26 Å². The van der Waals surface area contributed by atoms with Crippen molar-refractivity contribution in [1.82, 2.24) is 19.6 Å². The van der Waals surface area contributed by atoms with E-state index in [1.165, 1.54) is 18.5 Å². The third kappa shape index (κ3) is 1.81. The first-order valence-corrected chi connectivity index (χ1v) is 5.56. The fourth-order valence-electron chi connectivity index (χ4n) is 1.93. The quantitative estimate of drug-likeness (QED) is 0.623. The zero-order valence-corrected chi connectivity index (χ0v) is 10.0. The monoisotopic (exact) mass is 253 g/mol. The van der Waals surface area contributed by atoms with Crippen molar-refractivity contribution in [2.75, 3.05) is 0 Å². The van der Waals surface area contributed by atoms with E-state index in [4.69, 9.17) is 5.26 Å². The van der Waals surface area contributed by atoms with Gasteiger partial charge in [-0.2, -0.15) is 14.8 Å². The summed E-state index contributed by atoms with van der Waals surface area (Å²) >= 11 is 0. The highest BCUT2D eigenvalue weighted by Gasteiger charge is 2.13. The van der Waals surface area contributed by atoms with Crippen LogP contribution in [0.3, 0.4) is 0 Å². The number of aromatic nitrogens is 4. The van der Waals surface area contributed by atoms with E-state index in [9.17, 15) is 4.39 Å². The molecule has 0 N–H and O–H groups in total. The minimum atomic E-state index is -0.554. The van der Waals surface area contributed by atoms with Crippen LogP contribution in [-0.2, 0) is 0 Å². The molecule has 0 aliphatic rings. The molecule has 0 unspecified atom stereocenters. The number of pyridine rings is 1. The topological polar surface area (TPSA) is 66.9 Å².